The molecule has 144 valence electrons. The molecule has 28 heavy (non-hydrogen) atoms. The Hall–Kier alpha value is -3.32. The van der Waals surface area contributed by atoms with Gasteiger partial charge in [-0.25, -0.2) is 9.37 Å². The van der Waals surface area contributed by atoms with E-state index in [9.17, 15) is 9.50 Å². The summed E-state index contributed by atoms with van der Waals surface area (Å²) in [7, 11) is 0. The third kappa shape index (κ3) is 4.32. The molecule has 1 saturated heterocycles. The molecule has 1 fully saturated rings. The summed E-state index contributed by atoms with van der Waals surface area (Å²) in [6, 6.07) is 15.5. The van der Waals surface area contributed by atoms with Crippen LogP contribution in [0.3, 0.4) is 0 Å². The summed E-state index contributed by atoms with van der Waals surface area (Å²) in [6.45, 7) is 3.19. The van der Waals surface area contributed by atoms with Crippen LogP contribution in [0.15, 0.2) is 60.8 Å². The van der Waals surface area contributed by atoms with Crippen molar-refractivity contribution in [1.82, 2.24) is 4.98 Å². The van der Waals surface area contributed by atoms with E-state index in [0.29, 0.717) is 17.3 Å². The molecule has 0 bridgehead atoms. The molecule has 2 N–H and O–H groups in total. The molecule has 0 aliphatic carbocycles. The molecule has 0 amide bonds. The summed E-state index contributed by atoms with van der Waals surface area (Å²) in [4.78, 5) is 6.56. The molecule has 3 aromatic rings. The van der Waals surface area contributed by atoms with E-state index in [0.717, 1.165) is 37.7 Å². The SMILES string of the molecule is Oc1cc(Nc2ccc(Oc3cccc(N4CCOCC4)c3)cn2)ccc1F. The number of nitrogens with one attached hydrogen (secondary N) is 1. The van der Waals surface area contributed by atoms with Crippen molar-refractivity contribution in [2.75, 3.05) is 36.5 Å². The zero-order valence-corrected chi connectivity index (χ0v) is 15.1. The first-order valence-electron chi connectivity index (χ1n) is 8.99. The Bertz CT molecular complexity index is 944. The van der Waals surface area contributed by atoms with Crippen LogP contribution in [0.2, 0.25) is 0 Å². The van der Waals surface area contributed by atoms with Crippen LogP contribution in [-0.4, -0.2) is 36.4 Å². The highest BCUT2D eigenvalue weighted by Crippen LogP contribution is 2.27. The van der Waals surface area contributed by atoms with Crippen LogP contribution in [0.25, 0.3) is 0 Å². The fourth-order valence-corrected chi connectivity index (χ4v) is 2.95. The van der Waals surface area contributed by atoms with Crippen molar-refractivity contribution >= 4 is 17.2 Å². The topological polar surface area (TPSA) is 66.8 Å². The molecular weight excluding hydrogens is 361 g/mol. The predicted molar refractivity (Wildman–Crippen MR) is 105 cm³/mol. The molecule has 0 spiro atoms. The van der Waals surface area contributed by atoms with Crippen molar-refractivity contribution in [3.8, 4) is 17.2 Å². The van der Waals surface area contributed by atoms with E-state index < -0.39 is 11.6 Å². The number of aromatic hydroxyl groups is 1. The quantitative estimate of drug-likeness (QED) is 0.687. The second kappa shape index (κ2) is 8.14. The van der Waals surface area contributed by atoms with E-state index in [1.54, 1.807) is 18.3 Å². The van der Waals surface area contributed by atoms with E-state index in [1.165, 1.54) is 18.2 Å². The van der Waals surface area contributed by atoms with Gasteiger partial charge >= 0.3 is 0 Å². The number of nitrogens with zero attached hydrogens (tertiary/aromatic N) is 2. The molecule has 0 atom stereocenters. The summed E-state index contributed by atoms with van der Waals surface area (Å²) in [6.07, 6.45) is 1.60. The van der Waals surface area contributed by atoms with E-state index in [1.807, 2.05) is 18.2 Å². The van der Waals surface area contributed by atoms with Gasteiger partial charge in [0.05, 0.1) is 19.4 Å². The van der Waals surface area contributed by atoms with Crippen molar-refractivity contribution in [2.24, 2.45) is 0 Å². The van der Waals surface area contributed by atoms with Gasteiger partial charge in [0.25, 0.3) is 0 Å². The van der Waals surface area contributed by atoms with Crippen molar-refractivity contribution in [2.45, 2.75) is 0 Å². The van der Waals surface area contributed by atoms with Gasteiger partial charge in [0.15, 0.2) is 11.6 Å². The highest BCUT2D eigenvalue weighted by atomic mass is 19.1. The highest BCUT2D eigenvalue weighted by Gasteiger charge is 2.12. The first-order valence-corrected chi connectivity index (χ1v) is 8.99. The number of hydrogen-bond acceptors (Lipinski definition) is 6. The minimum Gasteiger partial charge on any atom is -0.505 e. The monoisotopic (exact) mass is 381 g/mol. The molecule has 2 aromatic carbocycles. The molecule has 1 aromatic heterocycles. The van der Waals surface area contributed by atoms with E-state index in [2.05, 4.69) is 21.3 Å². The summed E-state index contributed by atoms with van der Waals surface area (Å²) in [5.74, 6) is 0.814. The molecule has 1 aliphatic heterocycles. The summed E-state index contributed by atoms with van der Waals surface area (Å²) in [5, 5.41) is 12.4. The Labute approximate surface area is 162 Å². The minimum atomic E-state index is -0.665. The van der Waals surface area contributed by atoms with Crippen molar-refractivity contribution in [3.05, 3.63) is 66.6 Å². The molecule has 7 heteroatoms. The Morgan fingerprint density at radius 3 is 2.64 bits per heavy atom. The van der Waals surface area contributed by atoms with Gasteiger partial charge in [-0.15, -0.1) is 0 Å². The fourth-order valence-electron chi connectivity index (χ4n) is 2.95. The lowest BCUT2D eigenvalue weighted by atomic mass is 10.2. The average Bonchev–Trinajstić information content (AvgIpc) is 2.73. The maximum atomic E-state index is 13.1. The number of halogens is 1. The van der Waals surface area contributed by atoms with Crippen LogP contribution in [0.5, 0.6) is 17.2 Å². The number of rotatable bonds is 5. The second-order valence-corrected chi connectivity index (χ2v) is 6.37. The fraction of sp³-hybridized carbons (Fsp3) is 0.190. The number of pyridine rings is 1. The molecule has 6 nitrogen and oxygen atoms in total. The molecule has 4 rings (SSSR count). The van der Waals surface area contributed by atoms with E-state index >= 15 is 0 Å². The van der Waals surface area contributed by atoms with Crippen LogP contribution in [-0.2, 0) is 4.74 Å². The Morgan fingerprint density at radius 2 is 1.89 bits per heavy atom. The van der Waals surface area contributed by atoms with Gasteiger partial charge in [-0.05, 0) is 36.4 Å². The zero-order valence-electron chi connectivity index (χ0n) is 15.1. The number of phenolic OH excluding ortho intramolecular Hbond substituents is 1. The number of ether oxygens (including phenoxy) is 2. The average molecular weight is 381 g/mol. The first-order chi connectivity index (χ1) is 13.7. The smallest absolute Gasteiger partial charge is 0.164 e. The van der Waals surface area contributed by atoms with Crippen molar-refractivity contribution in [1.29, 1.82) is 0 Å². The van der Waals surface area contributed by atoms with Crippen LogP contribution >= 0.6 is 0 Å². The predicted octanol–water partition coefficient (Wildman–Crippen LogP) is 4.30. The summed E-state index contributed by atoms with van der Waals surface area (Å²) in [5.41, 5.74) is 1.64. The van der Waals surface area contributed by atoms with Crippen molar-refractivity contribution in [3.63, 3.8) is 0 Å². The van der Waals surface area contributed by atoms with E-state index in [4.69, 9.17) is 9.47 Å². The van der Waals surface area contributed by atoms with Gasteiger partial charge in [-0.2, -0.15) is 0 Å². The molecule has 0 radical (unpaired) electrons. The maximum Gasteiger partial charge on any atom is 0.164 e. The van der Waals surface area contributed by atoms with Crippen molar-refractivity contribution < 1.29 is 19.0 Å². The molecule has 0 saturated carbocycles. The van der Waals surface area contributed by atoms with Crippen LogP contribution < -0.4 is 15.0 Å². The van der Waals surface area contributed by atoms with Gasteiger partial charge in [0.1, 0.15) is 17.3 Å². The minimum absolute atomic E-state index is 0.412. The number of morpholine rings is 1. The third-order valence-electron chi connectivity index (χ3n) is 4.38. The Kier molecular flexibility index (Phi) is 5.25. The number of anilines is 3. The Balaban J connectivity index is 1.42. The van der Waals surface area contributed by atoms with Crippen LogP contribution in [0.1, 0.15) is 0 Å². The second-order valence-electron chi connectivity index (χ2n) is 6.37. The van der Waals surface area contributed by atoms with Gasteiger partial charge in [-0.3, -0.25) is 0 Å². The lowest BCUT2D eigenvalue weighted by molar-refractivity contribution is 0.122. The molecule has 2 heterocycles. The number of hydrogen-bond donors (Lipinski definition) is 2. The van der Waals surface area contributed by atoms with Crippen LogP contribution in [0, 0.1) is 5.82 Å². The molecule has 1 aliphatic rings. The first kappa shape index (κ1) is 18.1. The van der Waals surface area contributed by atoms with Gasteiger partial charge in [-0.1, -0.05) is 6.07 Å². The Morgan fingerprint density at radius 1 is 1.04 bits per heavy atom. The largest absolute Gasteiger partial charge is 0.505 e. The van der Waals surface area contributed by atoms with Gasteiger partial charge in [0.2, 0.25) is 0 Å². The van der Waals surface area contributed by atoms with Gasteiger partial charge in [0, 0.05) is 36.6 Å². The maximum absolute atomic E-state index is 13.1. The highest BCUT2D eigenvalue weighted by molar-refractivity contribution is 5.58. The zero-order chi connectivity index (χ0) is 19.3. The number of phenols is 1. The summed E-state index contributed by atoms with van der Waals surface area (Å²) < 4.78 is 24.4. The molecule has 0 unspecified atom stereocenters. The third-order valence-corrected chi connectivity index (χ3v) is 4.38. The van der Waals surface area contributed by atoms with Crippen LogP contribution in [0.4, 0.5) is 21.6 Å². The standard InChI is InChI=1S/C21H20FN3O3/c22-19-6-4-15(12-20(19)26)24-21-7-5-18(14-23-21)28-17-3-1-2-16(13-17)25-8-10-27-11-9-25/h1-7,12-14,26H,8-11H2,(H,23,24). The number of aromatic nitrogens is 1. The molecular formula is C21H20FN3O3. The van der Waals surface area contributed by atoms with E-state index in [-0.39, 0.29) is 0 Å². The normalized spacial score (nSPS) is 14.0. The summed E-state index contributed by atoms with van der Waals surface area (Å²) >= 11 is 0. The number of benzene rings is 2. The lowest BCUT2D eigenvalue weighted by Gasteiger charge is -2.29. The van der Waals surface area contributed by atoms with Gasteiger partial charge < -0.3 is 24.8 Å². The lowest BCUT2D eigenvalue weighted by Crippen LogP contribution is -2.36.